The molecule has 4 heteroatoms. The fourth-order valence-corrected chi connectivity index (χ4v) is 8.73. The topological polar surface area (TPSA) is 77.8 Å². The van der Waals surface area contributed by atoms with Crippen molar-refractivity contribution in [1.29, 1.82) is 0 Å². The van der Waals surface area contributed by atoms with Crippen LogP contribution in [0, 0.1) is 46.3 Å². The highest BCUT2D eigenvalue weighted by molar-refractivity contribution is 5.66. The Bertz CT molecular complexity index is 605. The van der Waals surface area contributed by atoms with Crippen molar-refractivity contribution in [2.45, 2.75) is 97.2 Å². The monoisotopic (exact) mass is 392 g/mol. The van der Waals surface area contributed by atoms with Gasteiger partial charge in [-0.3, -0.25) is 4.79 Å². The Morgan fingerprint density at radius 1 is 1.00 bits per heavy atom. The minimum Gasteiger partial charge on any atom is -0.481 e. The van der Waals surface area contributed by atoms with Crippen LogP contribution in [0.4, 0.5) is 0 Å². The lowest BCUT2D eigenvalue weighted by Crippen LogP contribution is -2.58. The summed E-state index contributed by atoms with van der Waals surface area (Å²) < 4.78 is 0. The molecule has 28 heavy (non-hydrogen) atoms. The molecule has 3 N–H and O–H groups in total. The van der Waals surface area contributed by atoms with Gasteiger partial charge in [-0.25, -0.2) is 0 Å². The Hall–Kier alpha value is -0.610. The van der Waals surface area contributed by atoms with Crippen molar-refractivity contribution in [2.75, 3.05) is 0 Å². The van der Waals surface area contributed by atoms with E-state index in [1.807, 2.05) is 0 Å². The van der Waals surface area contributed by atoms with Gasteiger partial charge < -0.3 is 15.3 Å². The third kappa shape index (κ3) is 3.14. The highest BCUT2D eigenvalue weighted by atomic mass is 16.4. The number of aliphatic hydroxyl groups excluding tert-OH is 2. The van der Waals surface area contributed by atoms with Crippen LogP contribution < -0.4 is 0 Å². The Balaban J connectivity index is 1.55. The number of carboxylic acid groups (broad SMARTS) is 1. The molecule has 4 nitrogen and oxygen atoms in total. The van der Waals surface area contributed by atoms with E-state index in [1.54, 1.807) is 0 Å². The van der Waals surface area contributed by atoms with E-state index in [1.165, 1.54) is 25.7 Å². The van der Waals surface area contributed by atoms with Gasteiger partial charge in [-0.15, -0.1) is 0 Å². The smallest absolute Gasteiger partial charge is 0.303 e. The third-order valence-corrected chi connectivity index (χ3v) is 10.2. The van der Waals surface area contributed by atoms with E-state index in [9.17, 15) is 15.0 Å². The zero-order chi connectivity index (χ0) is 20.3. The average molecular weight is 393 g/mol. The Morgan fingerprint density at radius 2 is 1.68 bits per heavy atom. The number of aliphatic carboxylic acids is 1. The van der Waals surface area contributed by atoms with E-state index >= 15 is 0 Å². The summed E-state index contributed by atoms with van der Waals surface area (Å²) in [6, 6.07) is 0. The number of hydrogen-bond acceptors (Lipinski definition) is 3. The predicted molar refractivity (Wildman–Crippen MR) is 109 cm³/mol. The molecule has 4 aliphatic carbocycles. The average Bonchev–Trinajstić information content (AvgIpc) is 2.98. The van der Waals surface area contributed by atoms with Crippen LogP contribution >= 0.6 is 0 Å². The zero-order valence-corrected chi connectivity index (χ0v) is 17.9. The quantitative estimate of drug-likeness (QED) is 0.659. The van der Waals surface area contributed by atoms with Crippen LogP contribution in [0.3, 0.4) is 0 Å². The Kier molecular flexibility index (Phi) is 5.36. The molecular formula is C24H40O4. The van der Waals surface area contributed by atoms with Gasteiger partial charge in [-0.2, -0.15) is 0 Å². The van der Waals surface area contributed by atoms with Gasteiger partial charge in [0.05, 0.1) is 12.2 Å². The molecule has 0 radical (unpaired) electrons. The van der Waals surface area contributed by atoms with Crippen LogP contribution in [0.25, 0.3) is 0 Å². The van der Waals surface area contributed by atoms with E-state index in [4.69, 9.17) is 5.11 Å². The first kappa shape index (κ1) is 20.7. The minimum atomic E-state index is -0.684. The Labute approximate surface area is 170 Å². The second-order valence-electron chi connectivity index (χ2n) is 11.4. The van der Waals surface area contributed by atoms with E-state index in [-0.39, 0.29) is 29.5 Å². The summed E-state index contributed by atoms with van der Waals surface area (Å²) in [6.45, 7) is 7.16. The van der Waals surface area contributed by atoms with Crippen LogP contribution in [0.5, 0.6) is 0 Å². The first-order valence-corrected chi connectivity index (χ1v) is 11.7. The van der Waals surface area contributed by atoms with Gasteiger partial charge in [0.25, 0.3) is 0 Å². The standard InChI is InChI=1S/C24H40O4/c1-14(4-7-21(27)28)17-5-6-18-22-19(9-11-24(17,18)3)23(2)10-8-16(25)12-15(23)13-20(22)26/h14-20,22,25-26H,4-13H2,1-3H3,(H,27,28)/t14?,15-,16?,17+,18?,19?,20-,22?,23-,24+/m0/s1. The number of carbonyl (C=O) groups is 1. The molecule has 0 bridgehead atoms. The maximum atomic E-state index is 11.2. The van der Waals surface area contributed by atoms with Crippen LogP contribution in [0.2, 0.25) is 0 Å². The van der Waals surface area contributed by atoms with Crippen molar-refractivity contribution in [1.82, 2.24) is 0 Å². The van der Waals surface area contributed by atoms with E-state index < -0.39 is 5.97 Å². The molecule has 4 fully saturated rings. The number of carboxylic acids is 1. The van der Waals surface area contributed by atoms with E-state index in [2.05, 4.69) is 20.8 Å². The Morgan fingerprint density at radius 3 is 2.39 bits per heavy atom. The lowest BCUT2D eigenvalue weighted by atomic mass is 9.43. The maximum absolute atomic E-state index is 11.2. The van der Waals surface area contributed by atoms with Crippen LogP contribution in [0.1, 0.15) is 85.0 Å². The van der Waals surface area contributed by atoms with E-state index in [0.29, 0.717) is 35.5 Å². The first-order chi connectivity index (χ1) is 13.2. The molecule has 4 saturated carbocycles. The lowest BCUT2D eigenvalue weighted by Gasteiger charge is -2.62. The SMILES string of the molecule is CC(CCC(=O)O)[C@H]1CCC2C3C(CC[C@@]21C)[C@@]1(C)CCC(O)C[C@H]1C[C@@H]3O. The summed E-state index contributed by atoms with van der Waals surface area (Å²) in [5.41, 5.74) is 0.523. The summed E-state index contributed by atoms with van der Waals surface area (Å²) in [6.07, 6.45) is 9.19. The van der Waals surface area contributed by atoms with Crippen molar-refractivity contribution < 1.29 is 20.1 Å². The van der Waals surface area contributed by atoms with Gasteiger partial charge in [-0.05, 0) is 104 Å². The highest BCUT2D eigenvalue weighted by Crippen LogP contribution is 2.68. The second-order valence-corrected chi connectivity index (χ2v) is 11.4. The molecule has 10 atom stereocenters. The molecule has 0 aliphatic heterocycles. The maximum Gasteiger partial charge on any atom is 0.303 e. The molecule has 5 unspecified atom stereocenters. The van der Waals surface area contributed by atoms with Crippen molar-refractivity contribution in [3.05, 3.63) is 0 Å². The fourth-order valence-electron chi connectivity index (χ4n) is 8.73. The van der Waals surface area contributed by atoms with Crippen LogP contribution in [-0.2, 0) is 4.79 Å². The van der Waals surface area contributed by atoms with Gasteiger partial charge in [0.2, 0.25) is 0 Å². The van der Waals surface area contributed by atoms with Crippen molar-refractivity contribution in [2.24, 2.45) is 46.3 Å². The molecular weight excluding hydrogens is 352 g/mol. The number of rotatable bonds is 4. The van der Waals surface area contributed by atoms with Gasteiger partial charge in [0, 0.05) is 6.42 Å². The third-order valence-electron chi connectivity index (χ3n) is 10.2. The number of aliphatic hydroxyl groups is 2. The molecule has 0 saturated heterocycles. The predicted octanol–water partition coefficient (Wildman–Crippen LogP) is 4.48. The normalized spacial score (nSPS) is 51.7. The highest BCUT2D eigenvalue weighted by Gasteiger charge is 2.62. The lowest BCUT2D eigenvalue weighted by molar-refractivity contribution is -0.174. The first-order valence-electron chi connectivity index (χ1n) is 11.7. The largest absolute Gasteiger partial charge is 0.481 e. The minimum absolute atomic E-state index is 0.179. The van der Waals surface area contributed by atoms with Gasteiger partial charge in [0.15, 0.2) is 0 Å². The molecule has 0 amide bonds. The molecule has 4 aliphatic rings. The summed E-state index contributed by atoms with van der Waals surface area (Å²) in [5.74, 6) is 2.36. The van der Waals surface area contributed by atoms with E-state index in [0.717, 1.165) is 32.1 Å². The van der Waals surface area contributed by atoms with Crippen molar-refractivity contribution in [3.63, 3.8) is 0 Å². The van der Waals surface area contributed by atoms with Gasteiger partial charge in [0.1, 0.15) is 0 Å². The molecule has 160 valence electrons. The summed E-state index contributed by atoms with van der Waals surface area (Å²) >= 11 is 0. The van der Waals surface area contributed by atoms with Crippen LogP contribution in [0.15, 0.2) is 0 Å². The molecule has 0 heterocycles. The number of hydrogen-bond donors (Lipinski definition) is 3. The molecule has 0 aromatic rings. The summed E-state index contributed by atoms with van der Waals surface area (Å²) in [7, 11) is 0. The second kappa shape index (κ2) is 7.27. The van der Waals surface area contributed by atoms with Gasteiger partial charge in [-0.1, -0.05) is 20.8 Å². The van der Waals surface area contributed by atoms with Gasteiger partial charge >= 0.3 is 5.97 Å². The van der Waals surface area contributed by atoms with Crippen molar-refractivity contribution in [3.8, 4) is 0 Å². The summed E-state index contributed by atoms with van der Waals surface area (Å²) in [4.78, 5) is 11.1. The van der Waals surface area contributed by atoms with Crippen molar-refractivity contribution >= 4 is 5.97 Å². The fraction of sp³-hybridized carbons (Fsp3) is 0.958. The summed E-state index contributed by atoms with van der Waals surface area (Å²) in [5, 5.41) is 30.5. The molecule has 0 spiro atoms. The number of fused-ring (bicyclic) bond motifs is 5. The molecule has 0 aromatic heterocycles. The molecule has 4 rings (SSSR count). The zero-order valence-electron chi connectivity index (χ0n) is 17.9. The van der Waals surface area contributed by atoms with Crippen LogP contribution in [-0.4, -0.2) is 33.5 Å². The molecule has 0 aromatic carbocycles.